The molecule has 6 rings (SSSR count). The van der Waals surface area contributed by atoms with Crippen LogP contribution in [0.4, 0.5) is 101 Å². The summed E-state index contributed by atoms with van der Waals surface area (Å²) in [6.07, 6.45) is 15.3. The van der Waals surface area contributed by atoms with E-state index >= 15 is 0 Å². The molecular formula is C86H119B5F23Mn3N24Ni-21. The Hall–Kier alpha value is -11.2. The maximum absolute atomic E-state index is 13.9. The minimum Gasteiger partial charge on any atom is -0.814 e. The quantitative estimate of drug-likeness (QED) is 0.0522. The van der Waals surface area contributed by atoms with Crippen LogP contribution in [-0.2, 0) is 80.1 Å². The van der Waals surface area contributed by atoms with E-state index in [1.807, 2.05) is 0 Å². The minimum atomic E-state index is -4.84. The van der Waals surface area contributed by atoms with Crippen molar-refractivity contribution in [2.75, 3.05) is 0 Å². The van der Waals surface area contributed by atoms with E-state index in [-0.39, 0.29) is 103 Å². The first kappa shape index (κ1) is 209. The van der Waals surface area contributed by atoms with Crippen LogP contribution in [0.15, 0.2) is 36.9 Å². The van der Waals surface area contributed by atoms with Crippen LogP contribution in [0, 0.1) is 120 Å². The maximum Gasteiger partial charge on any atom is 0.442 e. The van der Waals surface area contributed by atoms with Gasteiger partial charge in [0.2, 0.25) is 6.33 Å². The Kier molecular flexibility index (Phi) is 228. The van der Waals surface area contributed by atoms with Gasteiger partial charge in [0.15, 0.2) is 98.9 Å². The third-order valence-corrected chi connectivity index (χ3v) is 8.64. The largest absolute Gasteiger partial charge is 0.814 e. The third kappa shape index (κ3) is 133. The Balaban J connectivity index is -0.0000000392. The summed E-state index contributed by atoms with van der Waals surface area (Å²) >= 11 is 0. The van der Waals surface area contributed by atoms with E-state index in [4.69, 9.17) is 143 Å². The van der Waals surface area contributed by atoms with Crippen LogP contribution < -0.4 is 31.8 Å². The third-order valence-electron chi connectivity index (χ3n) is 8.64. The molecule has 811 valence electrons. The number of aromatic nitrogens is 2. The van der Waals surface area contributed by atoms with Crippen molar-refractivity contribution in [3.8, 4) is 0 Å². The van der Waals surface area contributed by atoms with Gasteiger partial charge in [-0.3, -0.25) is 8.96 Å². The number of halogens is 23. The minimum absolute atomic E-state index is 0. The van der Waals surface area contributed by atoms with E-state index in [0.29, 0.717) is 27.0 Å². The molecule has 0 saturated carbocycles. The van der Waals surface area contributed by atoms with Crippen LogP contribution in [0.1, 0.15) is 210 Å². The van der Waals surface area contributed by atoms with Gasteiger partial charge in [0, 0.05) is 95.3 Å². The van der Waals surface area contributed by atoms with Gasteiger partial charge in [-0.15, -0.1) is 0 Å². The molecule has 6 aromatic rings. The van der Waals surface area contributed by atoms with Gasteiger partial charge in [-0.2, -0.15) is 26.3 Å². The second-order valence-electron chi connectivity index (χ2n) is 19.0. The Morgan fingerprint density at radius 2 is 0.394 bits per heavy atom. The van der Waals surface area contributed by atoms with Gasteiger partial charge in [0.05, 0.1) is 11.1 Å². The summed E-state index contributed by atoms with van der Waals surface area (Å²) in [5.74, 6) is -29.4. The Bertz CT molecular complexity index is 3450. The summed E-state index contributed by atoms with van der Waals surface area (Å²) in [5, 5.41) is 164. The van der Waals surface area contributed by atoms with E-state index in [2.05, 4.69) is 0 Å². The van der Waals surface area contributed by atoms with E-state index in [1.165, 1.54) is 0 Å². The van der Waals surface area contributed by atoms with E-state index in [9.17, 15) is 101 Å². The van der Waals surface area contributed by atoms with Gasteiger partial charge >= 0.3 is 27.2 Å². The van der Waals surface area contributed by atoms with Crippen LogP contribution in [0.2, 0.25) is 0 Å². The molecule has 11 radical (unpaired) electrons. The van der Waals surface area contributed by atoms with Crippen molar-refractivity contribution in [1.82, 2.24) is 4.48 Å². The number of alkyl halides is 6. The monoisotopic (exact) mass is 2200 g/mol. The summed E-state index contributed by atoms with van der Waals surface area (Å²) in [4.78, 5) is 0. The topological polar surface area (TPSA) is 499 Å². The zero-order chi connectivity index (χ0) is 112. The average molecular weight is 2200 g/mol. The zero-order valence-electron chi connectivity index (χ0n) is 79.4. The number of nitrogens with zero attached hydrogens (tertiary/aromatic N) is 24. The van der Waals surface area contributed by atoms with Gasteiger partial charge in [-0.25, -0.2) is 211 Å². The van der Waals surface area contributed by atoms with Gasteiger partial charge < -0.3 is 119 Å². The summed E-state index contributed by atoms with van der Waals surface area (Å²) in [6.45, 7) is 36.9. The Morgan fingerprint density at radius 3 is 0.549 bits per heavy atom. The Morgan fingerprint density at radius 1 is 0.254 bits per heavy atom. The average Bonchev–Trinajstić information content (AvgIpc) is 1.48. The number of imidazole rings is 1. The molecule has 142 heavy (non-hydrogen) atoms. The molecule has 0 unspecified atom stereocenters. The fourth-order valence-electron chi connectivity index (χ4n) is 4.94. The van der Waals surface area contributed by atoms with E-state index in [1.54, 1.807) is 152 Å². The molecule has 0 aliphatic carbocycles. The molecule has 0 N–H and O–H groups in total. The second-order valence-corrected chi connectivity index (χ2v) is 19.0. The van der Waals surface area contributed by atoms with Crippen LogP contribution in [0.25, 0.3) is 119 Å². The number of benzene rings is 5. The Labute approximate surface area is 872 Å². The fourth-order valence-corrected chi connectivity index (χ4v) is 4.94. The van der Waals surface area contributed by atoms with Crippen molar-refractivity contribution in [3.05, 3.63) is 283 Å². The smallest absolute Gasteiger partial charge is 0.442 e. The molecule has 56 heteroatoms. The van der Waals surface area contributed by atoms with Crippen molar-refractivity contribution < 1.29 is 173 Å². The van der Waals surface area contributed by atoms with Crippen molar-refractivity contribution in [1.29, 1.82) is 0 Å². The van der Waals surface area contributed by atoms with Crippen molar-refractivity contribution in [2.45, 2.75) is 215 Å². The molecule has 0 fully saturated rings. The van der Waals surface area contributed by atoms with Crippen LogP contribution in [0.3, 0.4) is 0 Å². The van der Waals surface area contributed by atoms with Crippen LogP contribution in [0.5, 0.6) is 0 Å². The summed E-state index contributed by atoms with van der Waals surface area (Å²) in [5.41, 5.74) is -10.3. The summed E-state index contributed by atoms with van der Waals surface area (Å²) < 4.78 is 297. The molecule has 0 atom stereocenters. The second kappa shape index (κ2) is 155. The molecule has 0 spiro atoms. The molecule has 1 heterocycles. The molecule has 1 aromatic heterocycles. The molecule has 0 saturated heterocycles. The molecule has 5 aromatic carbocycles. The van der Waals surface area contributed by atoms with Crippen molar-refractivity contribution in [2.24, 2.45) is 0 Å². The summed E-state index contributed by atoms with van der Waals surface area (Å²) in [7, 11) is 15.5. The molecule has 0 amide bonds. The molecular weight excluding hydrogens is 2080 g/mol. The molecule has 0 aliphatic heterocycles. The first-order valence-electron chi connectivity index (χ1n) is 35.8. The van der Waals surface area contributed by atoms with Gasteiger partial charge in [0.1, 0.15) is 35.9 Å². The van der Waals surface area contributed by atoms with Gasteiger partial charge in [0.25, 0.3) is 0 Å². The first-order chi connectivity index (χ1) is 62.2. The number of rotatable bonds is 4. The van der Waals surface area contributed by atoms with Gasteiger partial charge in [-0.1, -0.05) is 200 Å². The van der Waals surface area contributed by atoms with Crippen molar-refractivity contribution in [3.63, 3.8) is 0 Å². The number of hydrogen-bond donors (Lipinski definition) is 0. The molecule has 24 nitrogen and oxygen atoms in total. The number of hydrogen-bond acceptors (Lipinski definition) is 0. The first-order valence-corrected chi connectivity index (χ1v) is 35.8. The van der Waals surface area contributed by atoms with Gasteiger partial charge in [-0.05, 0) is 37.8 Å². The van der Waals surface area contributed by atoms with Crippen molar-refractivity contribution >= 4 is 202 Å². The molecule has 0 aliphatic rings. The SMILES string of the molecule is C.C.C.C.CC=[N-].CC=[N-].CC=[N-].CC=[N-].CC=[N-].CC=[N-].CC=[N-].CC=[N-].CC=[N-].CC=[N-].CC=[N-].CC=[N-].CC=[N-].CC=[N-].CC=[N-].CC=[N-].CC=[N-].CC=[N-].CC=[N-].CC=[N-].CC=[N-].CC=[N-].Cc1c(F)c(F)c([B]n2cc[n+]([B]c3c(F)c(F)c(F)c(F)c3F)c2)c(F)c1F.[B]c1c(F)c(F)c(C)c(F)c1F.[B]c1c(F)c(F)c(C)c(F)c1F.[B]c1cc(C(F)(F)F)cc(C(F)(F)F)c1.[Mn].[Mn].[Mn].[Ni]. The van der Waals surface area contributed by atoms with E-state index < -0.39 is 166 Å². The standard InChI is InChI=1S/C16H6B2F9N2.C8H3BF6.2C7H3BF4.22C2H4N.4CH4.3Mn.Ni/c1-5-8(19)10(21)6(11(22)9(5)20)17-28-2-3-29(4-28)18-7-12(23)14(25)16(27)15(26)13(7)24;9-6-2-4(7(10,11)12)1-5(3-6)8(13,14)15;2*1-2-4(9)6(11)3(8)7(12)5(2)10;22*1-2-3;;;;;;;;/h2-4H,1H3;1-3H;2*1H3;22*2H,1H3;4*1H4;;;;/q+1;;;;22*-1;;;;;;;;. The molecule has 0 bridgehead atoms. The van der Waals surface area contributed by atoms with Crippen LogP contribution in [-0.4, -0.2) is 180 Å². The predicted octanol–water partition coefficient (Wildman–Crippen LogP) is 23.9. The summed E-state index contributed by atoms with van der Waals surface area (Å²) in [6, 6.07) is 0.931. The maximum atomic E-state index is 13.9. The fraction of sp³-hybridized carbons (Fsp3) is 0.360. The predicted molar refractivity (Wildman–Crippen MR) is 557 cm³/mol. The normalized spacial score (nSPS) is 7.41. The zero-order valence-corrected chi connectivity index (χ0v) is 84.0. The van der Waals surface area contributed by atoms with E-state index in [0.717, 1.165) is 185 Å². The van der Waals surface area contributed by atoms with Crippen LogP contribution >= 0.6 is 0 Å².